The van der Waals surface area contributed by atoms with Gasteiger partial charge in [-0.25, -0.2) is 4.79 Å². The van der Waals surface area contributed by atoms with Crippen LogP contribution in [-0.2, 0) is 20.8 Å². The summed E-state index contributed by atoms with van der Waals surface area (Å²) in [4.78, 5) is 33.3. The molecule has 6 heteroatoms. The average molecular weight is 355 g/mol. The molecule has 0 unspecified atom stereocenters. The van der Waals surface area contributed by atoms with Crippen LogP contribution in [0.25, 0.3) is 11.1 Å². The molecule has 3 N–H and O–H groups in total. The van der Waals surface area contributed by atoms with Crippen molar-refractivity contribution in [1.82, 2.24) is 5.32 Å². The van der Waals surface area contributed by atoms with Crippen LogP contribution in [-0.4, -0.2) is 34.1 Å². The summed E-state index contributed by atoms with van der Waals surface area (Å²) >= 11 is 0. The van der Waals surface area contributed by atoms with Crippen molar-refractivity contribution >= 4 is 17.8 Å². The predicted molar refractivity (Wildman–Crippen MR) is 96.6 cm³/mol. The van der Waals surface area contributed by atoms with Gasteiger partial charge in [-0.3, -0.25) is 9.59 Å². The van der Waals surface area contributed by atoms with Crippen molar-refractivity contribution in [1.29, 1.82) is 0 Å². The fourth-order valence-corrected chi connectivity index (χ4v) is 2.72. The lowest BCUT2D eigenvalue weighted by Gasteiger charge is -2.20. The van der Waals surface area contributed by atoms with E-state index in [9.17, 15) is 14.4 Å². The number of carbonyl (C=O) groups is 3. The molecule has 136 valence electrons. The molecule has 6 nitrogen and oxygen atoms in total. The van der Waals surface area contributed by atoms with E-state index in [2.05, 4.69) is 5.32 Å². The highest BCUT2D eigenvalue weighted by molar-refractivity contribution is 6.31. The van der Waals surface area contributed by atoms with Crippen molar-refractivity contribution in [3.8, 4) is 11.1 Å². The number of carbonyl (C=O) groups excluding carboxylic acids is 1. The first-order valence-electron chi connectivity index (χ1n) is 8.27. The Morgan fingerprint density at radius 3 is 2.04 bits per heavy atom. The lowest BCUT2D eigenvalue weighted by molar-refractivity contribution is -0.150. The van der Waals surface area contributed by atoms with E-state index in [0.29, 0.717) is 6.42 Å². The molecule has 2 atom stereocenters. The molecule has 0 radical (unpaired) electrons. The topological polar surface area (TPSA) is 104 Å². The molecule has 0 aliphatic heterocycles. The summed E-state index contributed by atoms with van der Waals surface area (Å²) in [6, 6.07) is 17.0. The normalized spacial score (nSPS) is 12.8. The van der Waals surface area contributed by atoms with Crippen molar-refractivity contribution in [3.05, 3.63) is 60.2 Å². The summed E-state index contributed by atoms with van der Waals surface area (Å²) in [7, 11) is 0. The maximum Gasteiger partial charge on any atom is 0.394 e. The summed E-state index contributed by atoms with van der Waals surface area (Å²) in [5.74, 6) is -4.40. The zero-order valence-corrected chi connectivity index (χ0v) is 14.4. The number of hydrogen-bond acceptors (Lipinski definition) is 3. The summed E-state index contributed by atoms with van der Waals surface area (Å²) in [5, 5.41) is 20.2. The molecule has 0 aliphatic rings. The third kappa shape index (κ3) is 5.44. The molecular weight excluding hydrogens is 334 g/mol. The smallest absolute Gasteiger partial charge is 0.394 e. The van der Waals surface area contributed by atoms with Gasteiger partial charge >= 0.3 is 17.8 Å². The minimum absolute atomic E-state index is 0.148. The molecule has 26 heavy (non-hydrogen) atoms. The Morgan fingerprint density at radius 2 is 1.50 bits per heavy atom. The van der Waals surface area contributed by atoms with E-state index in [-0.39, 0.29) is 6.42 Å². The van der Waals surface area contributed by atoms with Gasteiger partial charge in [-0.2, -0.15) is 0 Å². The zero-order valence-electron chi connectivity index (χ0n) is 14.4. The average Bonchev–Trinajstić information content (AvgIpc) is 2.62. The van der Waals surface area contributed by atoms with Gasteiger partial charge in [0, 0.05) is 6.04 Å². The van der Waals surface area contributed by atoms with Crippen LogP contribution >= 0.6 is 0 Å². The second-order valence-corrected chi connectivity index (χ2v) is 6.22. The van der Waals surface area contributed by atoms with Gasteiger partial charge in [-0.1, -0.05) is 61.5 Å². The third-order valence-corrected chi connectivity index (χ3v) is 4.13. The van der Waals surface area contributed by atoms with Crippen LogP contribution in [0.5, 0.6) is 0 Å². The number of aliphatic carboxylic acids is 2. The molecular formula is C20H21NO5. The number of amides is 1. The molecule has 1 amide bonds. The Kier molecular flexibility index (Phi) is 6.49. The van der Waals surface area contributed by atoms with E-state index in [1.165, 1.54) is 6.92 Å². The summed E-state index contributed by atoms with van der Waals surface area (Å²) < 4.78 is 0. The van der Waals surface area contributed by atoms with Gasteiger partial charge in [0.05, 0.1) is 5.92 Å². The number of rotatable bonds is 7. The third-order valence-electron chi connectivity index (χ3n) is 4.13. The summed E-state index contributed by atoms with van der Waals surface area (Å²) in [6.07, 6.45) is 0.500. The van der Waals surface area contributed by atoms with E-state index in [0.717, 1.165) is 16.7 Å². The zero-order chi connectivity index (χ0) is 19.1. The minimum atomic E-state index is -1.59. The van der Waals surface area contributed by atoms with Gasteiger partial charge in [0.15, 0.2) is 0 Å². The number of nitrogens with one attached hydrogen (secondary N) is 1. The minimum Gasteiger partial charge on any atom is -0.481 e. The molecule has 0 bridgehead atoms. The van der Waals surface area contributed by atoms with Crippen molar-refractivity contribution in [2.45, 2.75) is 25.8 Å². The first-order chi connectivity index (χ1) is 12.4. The van der Waals surface area contributed by atoms with Crippen LogP contribution in [0.4, 0.5) is 0 Å². The number of carboxylic acid groups (broad SMARTS) is 2. The van der Waals surface area contributed by atoms with Crippen molar-refractivity contribution < 1.29 is 24.6 Å². The molecule has 2 rings (SSSR count). The second kappa shape index (κ2) is 8.80. The fourth-order valence-electron chi connectivity index (χ4n) is 2.72. The molecule has 2 aromatic rings. The molecule has 0 heterocycles. The quantitative estimate of drug-likeness (QED) is 0.662. The Morgan fingerprint density at radius 1 is 0.923 bits per heavy atom. The number of hydrogen-bond donors (Lipinski definition) is 3. The molecule has 2 aromatic carbocycles. The van der Waals surface area contributed by atoms with Gasteiger partial charge in [0.2, 0.25) is 0 Å². The largest absolute Gasteiger partial charge is 0.481 e. The van der Waals surface area contributed by atoms with Crippen molar-refractivity contribution in [3.63, 3.8) is 0 Å². The Balaban J connectivity index is 2.12. The lowest BCUT2D eigenvalue weighted by Crippen LogP contribution is -2.42. The Labute approximate surface area is 151 Å². The highest BCUT2D eigenvalue weighted by Gasteiger charge is 2.23. The Bertz CT molecular complexity index is 771. The van der Waals surface area contributed by atoms with E-state index < -0.39 is 29.8 Å². The number of carboxylic acids is 2. The SMILES string of the molecule is C[C@H](C[C@@H](Cc1ccc(-c2ccccc2)cc1)NC(=O)C(=O)O)C(=O)O. The van der Waals surface area contributed by atoms with Crippen LogP contribution in [0.1, 0.15) is 18.9 Å². The molecule has 0 aromatic heterocycles. The van der Waals surface area contributed by atoms with Crippen molar-refractivity contribution in [2.75, 3.05) is 0 Å². The number of benzene rings is 2. The van der Waals surface area contributed by atoms with Crippen LogP contribution in [0.2, 0.25) is 0 Å². The van der Waals surface area contributed by atoms with Crippen LogP contribution < -0.4 is 5.32 Å². The molecule has 0 spiro atoms. The first kappa shape index (κ1) is 19.2. The highest BCUT2D eigenvalue weighted by atomic mass is 16.4. The fraction of sp³-hybridized carbons (Fsp3) is 0.250. The monoisotopic (exact) mass is 355 g/mol. The maximum absolute atomic E-state index is 11.5. The van der Waals surface area contributed by atoms with Gasteiger partial charge in [-0.15, -0.1) is 0 Å². The van der Waals surface area contributed by atoms with E-state index in [4.69, 9.17) is 10.2 Å². The summed E-state index contributed by atoms with van der Waals surface area (Å²) in [5.41, 5.74) is 3.01. The maximum atomic E-state index is 11.5. The van der Waals surface area contributed by atoms with Crippen molar-refractivity contribution in [2.24, 2.45) is 5.92 Å². The van der Waals surface area contributed by atoms with E-state index >= 15 is 0 Å². The van der Waals surface area contributed by atoms with Crippen LogP contribution in [0.3, 0.4) is 0 Å². The second-order valence-electron chi connectivity index (χ2n) is 6.22. The Hall–Kier alpha value is -3.15. The standard InChI is InChI=1S/C20H21NO5/c1-13(19(23)24)11-17(21-18(22)20(25)26)12-14-7-9-16(10-8-14)15-5-3-2-4-6-15/h2-10,13,17H,11-12H2,1H3,(H,21,22)(H,23,24)(H,25,26)/t13-,17+/m1/s1. The summed E-state index contributed by atoms with van der Waals surface area (Å²) in [6.45, 7) is 1.53. The van der Waals surface area contributed by atoms with E-state index in [1.54, 1.807) is 0 Å². The molecule has 0 aliphatic carbocycles. The first-order valence-corrected chi connectivity index (χ1v) is 8.27. The van der Waals surface area contributed by atoms with Crippen LogP contribution in [0.15, 0.2) is 54.6 Å². The molecule has 0 fully saturated rings. The predicted octanol–water partition coefficient (Wildman–Crippen LogP) is 2.58. The van der Waals surface area contributed by atoms with Crippen LogP contribution in [0, 0.1) is 5.92 Å². The highest BCUT2D eigenvalue weighted by Crippen LogP contribution is 2.20. The molecule has 0 saturated heterocycles. The lowest BCUT2D eigenvalue weighted by atomic mass is 9.95. The molecule has 0 saturated carbocycles. The van der Waals surface area contributed by atoms with Gasteiger partial charge in [-0.05, 0) is 29.5 Å². The van der Waals surface area contributed by atoms with Gasteiger partial charge in [0.1, 0.15) is 0 Å². The van der Waals surface area contributed by atoms with Gasteiger partial charge < -0.3 is 15.5 Å². The van der Waals surface area contributed by atoms with E-state index in [1.807, 2.05) is 54.6 Å². The van der Waals surface area contributed by atoms with Gasteiger partial charge in [0.25, 0.3) is 0 Å².